The van der Waals surface area contributed by atoms with Crippen LogP contribution in [0.1, 0.15) is 24.8 Å². The van der Waals surface area contributed by atoms with Crippen molar-refractivity contribution in [1.82, 2.24) is 0 Å². The van der Waals surface area contributed by atoms with E-state index in [0.717, 1.165) is 28.8 Å². The third kappa shape index (κ3) is 1.60. The molecule has 0 spiro atoms. The van der Waals surface area contributed by atoms with Gasteiger partial charge in [0.15, 0.2) is 0 Å². The number of hydrogen-bond donors (Lipinski definition) is 2. The Balaban J connectivity index is 1.47. The van der Waals surface area contributed by atoms with Crippen molar-refractivity contribution in [3.63, 3.8) is 0 Å². The van der Waals surface area contributed by atoms with E-state index in [1.807, 2.05) is 25.1 Å². The van der Waals surface area contributed by atoms with Crippen LogP contribution in [-0.4, -0.2) is 5.91 Å². The number of anilines is 2. The first kappa shape index (κ1) is 11.3. The maximum Gasteiger partial charge on any atom is 0.228 e. The minimum Gasteiger partial charge on any atom is -0.398 e. The standard InChI is InChI=1S/C16H20N2O/c1-8-2-5-11(7-12(8)17)18-16(19)15-13-9-3-4-10(6-9)14(13)15/h2,5,7,9-10,13-15H,3-4,6,17H2,1H3,(H,18,19). The molecule has 0 aromatic heterocycles. The molecule has 4 rings (SSSR count). The van der Waals surface area contributed by atoms with Crippen LogP contribution >= 0.6 is 0 Å². The zero-order chi connectivity index (χ0) is 13.1. The number of fused-ring (bicyclic) bond motifs is 5. The molecule has 3 N–H and O–H groups in total. The van der Waals surface area contributed by atoms with Crippen molar-refractivity contribution in [2.75, 3.05) is 11.1 Å². The van der Waals surface area contributed by atoms with Crippen molar-refractivity contribution in [3.8, 4) is 0 Å². The van der Waals surface area contributed by atoms with Gasteiger partial charge in [-0.15, -0.1) is 0 Å². The fourth-order valence-electron chi connectivity index (χ4n) is 4.62. The number of nitrogens with two attached hydrogens (primary N) is 1. The molecule has 1 aromatic carbocycles. The second kappa shape index (κ2) is 3.75. The van der Waals surface area contributed by atoms with E-state index < -0.39 is 0 Å². The quantitative estimate of drug-likeness (QED) is 0.799. The molecule has 4 atom stereocenters. The highest BCUT2D eigenvalue weighted by molar-refractivity contribution is 5.95. The first-order valence-corrected chi connectivity index (χ1v) is 7.32. The van der Waals surface area contributed by atoms with E-state index in [4.69, 9.17) is 5.73 Å². The number of nitrogens with one attached hydrogen (secondary N) is 1. The molecule has 2 bridgehead atoms. The maximum atomic E-state index is 12.4. The molecule has 3 aliphatic carbocycles. The van der Waals surface area contributed by atoms with Gasteiger partial charge >= 0.3 is 0 Å². The minimum absolute atomic E-state index is 0.217. The van der Waals surface area contributed by atoms with E-state index in [1.165, 1.54) is 19.3 Å². The first-order valence-electron chi connectivity index (χ1n) is 7.32. The Labute approximate surface area is 113 Å². The van der Waals surface area contributed by atoms with Crippen LogP contribution < -0.4 is 11.1 Å². The highest BCUT2D eigenvalue weighted by atomic mass is 16.2. The third-order valence-corrected chi connectivity index (χ3v) is 5.58. The molecule has 0 heterocycles. The fourth-order valence-corrected chi connectivity index (χ4v) is 4.62. The van der Waals surface area contributed by atoms with Crippen molar-refractivity contribution >= 4 is 17.3 Å². The van der Waals surface area contributed by atoms with Crippen LogP contribution in [0.4, 0.5) is 11.4 Å². The predicted octanol–water partition coefficient (Wildman–Crippen LogP) is 2.81. The molecule has 3 saturated carbocycles. The lowest BCUT2D eigenvalue weighted by Gasteiger charge is -2.10. The molecule has 3 aliphatic rings. The van der Waals surface area contributed by atoms with E-state index in [1.54, 1.807) is 0 Å². The summed E-state index contributed by atoms with van der Waals surface area (Å²) in [5, 5.41) is 3.05. The second-order valence-electron chi connectivity index (χ2n) is 6.57. The summed E-state index contributed by atoms with van der Waals surface area (Å²) >= 11 is 0. The average molecular weight is 256 g/mol. The Morgan fingerprint density at radius 3 is 2.58 bits per heavy atom. The Bertz CT molecular complexity index is 538. The first-order chi connectivity index (χ1) is 9.15. The molecule has 1 amide bonds. The highest BCUT2D eigenvalue weighted by Crippen LogP contribution is 2.69. The van der Waals surface area contributed by atoms with Crippen LogP contribution in [0.3, 0.4) is 0 Å². The number of aryl methyl sites for hydroxylation is 1. The minimum atomic E-state index is 0.217. The van der Waals surface area contributed by atoms with Gasteiger partial charge in [0.1, 0.15) is 0 Å². The molecule has 19 heavy (non-hydrogen) atoms. The topological polar surface area (TPSA) is 55.1 Å². The Morgan fingerprint density at radius 1 is 1.26 bits per heavy atom. The summed E-state index contributed by atoms with van der Waals surface area (Å²) in [5.41, 5.74) is 8.52. The second-order valence-corrected chi connectivity index (χ2v) is 6.57. The van der Waals surface area contributed by atoms with Gasteiger partial charge in [0.2, 0.25) is 5.91 Å². The van der Waals surface area contributed by atoms with Crippen LogP contribution in [0.25, 0.3) is 0 Å². The van der Waals surface area contributed by atoms with E-state index in [0.29, 0.717) is 11.8 Å². The number of carbonyl (C=O) groups excluding carboxylic acids is 1. The zero-order valence-corrected chi connectivity index (χ0v) is 11.2. The van der Waals surface area contributed by atoms with Crippen molar-refractivity contribution in [2.45, 2.75) is 26.2 Å². The molecular formula is C16H20N2O. The van der Waals surface area contributed by atoms with Crippen molar-refractivity contribution < 1.29 is 4.79 Å². The van der Waals surface area contributed by atoms with Gasteiger partial charge in [-0.2, -0.15) is 0 Å². The monoisotopic (exact) mass is 256 g/mol. The number of carbonyl (C=O) groups is 1. The van der Waals surface area contributed by atoms with E-state index in [9.17, 15) is 4.79 Å². The Morgan fingerprint density at radius 2 is 1.95 bits per heavy atom. The summed E-state index contributed by atoms with van der Waals surface area (Å²) in [7, 11) is 0. The van der Waals surface area contributed by atoms with Crippen molar-refractivity contribution in [1.29, 1.82) is 0 Å². The van der Waals surface area contributed by atoms with Crippen molar-refractivity contribution in [2.24, 2.45) is 29.6 Å². The molecular weight excluding hydrogens is 236 g/mol. The van der Waals surface area contributed by atoms with Gasteiger partial charge in [-0.05, 0) is 67.6 Å². The van der Waals surface area contributed by atoms with Crippen molar-refractivity contribution in [3.05, 3.63) is 23.8 Å². The van der Waals surface area contributed by atoms with Gasteiger partial charge < -0.3 is 11.1 Å². The molecule has 3 heteroatoms. The summed E-state index contributed by atoms with van der Waals surface area (Å²) < 4.78 is 0. The number of nitrogen functional groups attached to an aromatic ring is 1. The van der Waals surface area contributed by atoms with E-state index in [2.05, 4.69) is 5.32 Å². The van der Waals surface area contributed by atoms with Gasteiger partial charge in [-0.1, -0.05) is 6.07 Å². The summed E-state index contributed by atoms with van der Waals surface area (Å²) in [6.45, 7) is 1.98. The zero-order valence-electron chi connectivity index (χ0n) is 11.2. The van der Waals surface area contributed by atoms with E-state index >= 15 is 0 Å². The molecule has 0 radical (unpaired) electrons. The fraction of sp³-hybridized carbons (Fsp3) is 0.562. The summed E-state index contributed by atoms with van der Waals surface area (Å²) in [4.78, 5) is 12.4. The number of amides is 1. The summed E-state index contributed by atoms with van der Waals surface area (Å²) in [6.07, 6.45) is 4.09. The van der Waals surface area contributed by atoms with Gasteiger partial charge in [0, 0.05) is 17.3 Å². The van der Waals surface area contributed by atoms with Crippen LogP contribution in [0.15, 0.2) is 18.2 Å². The van der Waals surface area contributed by atoms with Crippen LogP contribution in [-0.2, 0) is 4.79 Å². The van der Waals surface area contributed by atoms with Crippen LogP contribution in [0.5, 0.6) is 0 Å². The molecule has 0 saturated heterocycles. The molecule has 0 aliphatic heterocycles. The molecule has 3 nitrogen and oxygen atoms in total. The number of benzene rings is 1. The van der Waals surface area contributed by atoms with E-state index in [-0.39, 0.29) is 11.8 Å². The smallest absolute Gasteiger partial charge is 0.228 e. The van der Waals surface area contributed by atoms with Gasteiger partial charge in [-0.3, -0.25) is 4.79 Å². The lowest BCUT2D eigenvalue weighted by Crippen LogP contribution is -2.18. The highest BCUT2D eigenvalue weighted by Gasteiger charge is 2.67. The Kier molecular flexibility index (Phi) is 2.23. The predicted molar refractivity (Wildman–Crippen MR) is 75.5 cm³/mol. The lowest BCUT2D eigenvalue weighted by atomic mass is 10.0. The lowest BCUT2D eigenvalue weighted by molar-refractivity contribution is -0.118. The molecule has 100 valence electrons. The van der Waals surface area contributed by atoms with Crippen LogP contribution in [0, 0.1) is 36.5 Å². The summed E-state index contributed by atoms with van der Waals surface area (Å²) in [5.74, 6) is 3.58. The molecule has 4 unspecified atom stereocenters. The third-order valence-electron chi connectivity index (χ3n) is 5.58. The van der Waals surface area contributed by atoms with Gasteiger partial charge in [0.25, 0.3) is 0 Å². The molecule has 3 fully saturated rings. The maximum absolute atomic E-state index is 12.4. The largest absolute Gasteiger partial charge is 0.398 e. The Hall–Kier alpha value is -1.51. The number of hydrogen-bond acceptors (Lipinski definition) is 2. The molecule has 1 aromatic rings. The van der Waals surface area contributed by atoms with Crippen LogP contribution in [0.2, 0.25) is 0 Å². The van der Waals surface area contributed by atoms with Gasteiger partial charge in [-0.25, -0.2) is 0 Å². The SMILES string of the molecule is Cc1ccc(NC(=O)C2C3C4CCC(C4)C23)cc1N. The average Bonchev–Trinajstić information content (AvgIpc) is 2.83. The normalized spacial score (nSPS) is 38.1. The number of rotatable bonds is 2. The van der Waals surface area contributed by atoms with Gasteiger partial charge in [0.05, 0.1) is 0 Å². The summed E-state index contributed by atoms with van der Waals surface area (Å²) in [6, 6.07) is 5.76.